The van der Waals surface area contributed by atoms with E-state index < -0.39 is 24.0 Å². The van der Waals surface area contributed by atoms with Crippen LogP contribution >= 0.6 is 0 Å². The van der Waals surface area contributed by atoms with Crippen LogP contribution in [0, 0.1) is 0 Å². The summed E-state index contributed by atoms with van der Waals surface area (Å²) in [4.78, 5) is 35.0. The maximum absolute atomic E-state index is 12.3. The van der Waals surface area contributed by atoms with E-state index in [9.17, 15) is 14.4 Å². The van der Waals surface area contributed by atoms with E-state index in [0.717, 1.165) is 27.3 Å². The second kappa shape index (κ2) is 6.18. The molecule has 1 aliphatic heterocycles. The monoisotopic (exact) mass is 352 g/mol. The fraction of sp³-hybridized carbons (Fsp3) is 0.211. The lowest BCUT2D eigenvalue weighted by Gasteiger charge is -2.21. The number of fused-ring (bicyclic) bond motifs is 3. The Kier molecular flexibility index (Phi) is 3.84. The number of hydrazine groups is 1. The summed E-state index contributed by atoms with van der Waals surface area (Å²) in [5, 5.41) is 9.90. The highest BCUT2D eigenvalue weighted by Crippen LogP contribution is 2.44. The number of carboxylic acids is 1. The largest absolute Gasteiger partial charge is 0.480 e. The summed E-state index contributed by atoms with van der Waals surface area (Å²) >= 11 is 0. The molecule has 7 nitrogen and oxygen atoms in total. The lowest BCUT2D eigenvalue weighted by Crippen LogP contribution is -2.47. The maximum Gasteiger partial charge on any atom is 0.429 e. The number of aliphatic carboxylic acids is 1. The third-order valence-corrected chi connectivity index (χ3v) is 4.75. The van der Waals surface area contributed by atoms with E-state index in [1.165, 1.54) is 0 Å². The van der Waals surface area contributed by atoms with Crippen LogP contribution in [0.1, 0.15) is 23.5 Å². The predicted octanol–water partition coefficient (Wildman–Crippen LogP) is 2.13. The zero-order chi connectivity index (χ0) is 18.3. The van der Waals surface area contributed by atoms with Gasteiger partial charge in [0.05, 0.1) is 6.42 Å². The molecule has 2 aromatic rings. The number of hydrogen-bond donors (Lipinski definition) is 2. The van der Waals surface area contributed by atoms with E-state index in [-0.39, 0.29) is 18.9 Å². The molecule has 0 aromatic heterocycles. The molecule has 0 spiro atoms. The van der Waals surface area contributed by atoms with Crippen LogP contribution in [0.4, 0.5) is 4.79 Å². The fourth-order valence-corrected chi connectivity index (χ4v) is 3.56. The smallest absolute Gasteiger partial charge is 0.429 e. The first kappa shape index (κ1) is 16.1. The van der Waals surface area contributed by atoms with Gasteiger partial charge in [0.1, 0.15) is 6.61 Å². The Balaban J connectivity index is 1.54. The molecule has 2 N–H and O–H groups in total. The minimum Gasteiger partial charge on any atom is -0.480 e. The number of amides is 2. The van der Waals surface area contributed by atoms with Gasteiger partial charge in [-0.2, -0.15) is 0 Å². The summed E-state index contributed by atoms with van der Waals surface area (Å²) in [6.45, 7) is 0.0611. The van der Waals surface area contributed by atoms with Gasteiger partial charge in [-0.15, -0.1) is 0 Å². The van der Waals surface area contributed by atoms with Crippen LogP contribution in [0.3, 0.4) is 0 Å². The van der Waals surface area contributed by atoms with Crippen molar-refractivity contribution in [1.29, 1.82) is 0 Å². The Morgan fingerprint density at radius 2 is 1.65 bits per heavy atom. The Bertz CT molecular complexity index is 865. The number of carbonyl (C=O) groups is 3. The van der Waals surface area contributed by atoms with Gasteiger partial charge < -0.3 is 9.84 Å². The summed E-state index contributed by atoms with van der Waals surface area (Å²) in [6, 6.07) is 14.6. The number of nitrogens with one attached hydrogen (secondary N) is 1. The lowest BCUT2D eigenvalue weighted by molar-refractivity contribution is -0.142. The third-order valence-electron chi connectivity index (χ3n) is 4.75. The second-order valence-corrected chi connectivity index (χ2v) is 6.27. The molecule has 1 unspecified atom stereocenters. The first-order chi connectivity index (χ1) is 12.6. The SMILES string of the molecule is O=C1CC(C(=O)O)N(C(=O)OCC2c3ccccc3-c3ccccc32)N1. The van der Waals surface area contributed by atoms with Gasteiger partial charge in [-0.3, -0.25) is 10.2 Å². The molecule has 132 valence electrons. The van der Waals surface area contributed by atoms with Gasteiger partial charge in [-0.05, 0) is 22.3 Å². The van der Waals surface area contributed by atoms with Crippen LogP contribution in [0.25, 0.3) is 11.1 Å². The standard InChI is InChI=1S/C19H16N2O5/c22-17-9-16(18(23)24)21(20-17)19(25)26-10-15-13-7-3-1-5-11(13)12-6-2-4-8-14(12)15/h1-8,15-16H,9-10H2,(H,20,22)(H,23,24). The molecule has 2 aliphatic rings. The van der Waals surface area contributed by atoms with Crippen LogP contribution in [0.15, 0.2) is 48.5 Å². The molecule has 1 heterocycles. The van der Waals surface area contributed by atoms with Crippen molar-refractivity contribution in [3.8, 4) is 11.1 Å². The highest BCUT2D eigenvalue weighted by molar-refractivity contribution is 5.92. The van der Waals surface area contributed by atoms with E-state index in [1.807, 2.05) is 48.5 Å². The predicted molar refractivity (Wildman–Crippen MR) is 91.1 cm³/mol. The second-order valence-electron chi connectivity index (χ2n) is 6.27. The van der Waals surface area contributed by atoms with Crippen LogP contribution in [0.5, 0.6) is 0 Å². The van der Waals surface area contributed by atoms with E-state index in [0.29, 0.717) is 0 Å². The molecule has 1 fully saturated rings. The number of carboxylic acid groups (broad SMARTS) is 1. The van der Waals surface area contributed by atoms with Crippen molar-refractivity contribution in [2.24, 2.45) is 0 Å². The molecular formula is C19H16N2O5. The number of hydrogen-bond acceptors (Lipinski definition) is 4. The number of benzene rings is 2. The fourth-order valence-electron chi connectivity index (χ4n) is 3.56. The van der Waals surface area contributed by atoms with Gasteiger partial charge in [0.25, 0.3) is 0 Å². The topological polar surface area (TPSA) is 95.9 Å². The van der Waals surface area contributed by atoms with Crippen molar-refractivity contribution in [3.05, 3.63) is 59.7 Å². The molecule has 2 aromatic carbocycles. The summed E-state index contributed by atoms with van der Waals surface area (Å²) in [7, 11) is 0. The third kappa shape index (κ3) is 2.57. The van der Waals surface area contributed by atoms with Crippen LogP contribution < -0.4 is 5.43 Å². The van der Waals surface area contributed by atoms with Crippen LogP contribution in [-0.4, -0.2) is 40.7 Å². The first-order valence-electron chi connectivity index (χ1n) is 8.22. The highest BCUT2D eigenvalue weighted by Gasteiger charge is 2.40. The Morgan fingerprint density at radius 1 is 1.08 bits per heavy atom. The van der Waals surface area contributed by atoms with Gasteiger partial charge in [0.2, 0.25) is 5.91 Å². The van der Waals surface area contributed by atoms with Gasteiger partial charge in [0, 0.05) is 5.92 Å². The molecule has 1 atom stereocenters. The summed E-state index contributed by atoms with van der Waals surface area (Å²) < 4.78 is 5.36. The molecule has 0 radical (unpaired) electrons. The van der Waals surface area contributed by atoms with E-state index in [4.69, 9.17) is 9.84 Å². The summed E-state index contributed by atoms with van der Waals surface area (Å²) in [5.41, 5.74) is 6.55. The molecular weight excluding hydrogens is 336 g/mol. The van der Waals surface area contributed by atoms with Crippen molar-refractivity contribution in [1.82, 2.24) is 10.4 Å². The zero-order valence-electron chi connectivity index (χ0n) is 13.7. The van der Waals surface area contributed by atoms with Crippen LogP contribution in [-0.2, 0) is 14.3 Å². The lowest BCUT2D eigenvalue weighted by atomic mass is 9.98. The molecule has 2 amide bonds. The molecule has 1 aliphatic carbocycles. The molecule has 26 heavy (non-hydrogen) atoms. The van der Waals surface area contributed by atoms with E-state index in [2.05, 4.69) is 5.43 Å². The number of nitrogens with zero attached hydrogens (tertiary/aromatic N) is 1. The van der Waals surface area contributed by atoms with E-state index >= 15 is 0 Å². The zero-order valence-corrected chi connectivity index (χ0v) is 13.7. The van der Waals surface area contributed by atoms with Gasteiger partial charge >= 0.3 is 12.1 Å². The van der Waals surface area contributed by atoms with Gasteiger partial charge in [0.15, 0.2) is 6.04 Å². The first-order valence-corrected chi connectivity index (χ1v) is 8.22. The summed E-state index contributed by atoms with van der Waals surface area (Å²) in [6.07, 6.45) is -1.15. The molecule has 4 rings (SSSR count). The van der Waals surface area contributed by atoms with Crippen molar-refractivity contribution in [2.75, 3.05) is 6.61 Å². The Morgan fingerprint density at radius 3 is 2.23 bits per heavy atom. The summed E-state index contributed by atoms with van der Waals surface area (Å²) in [5.74, 6) is -1.91. The van der Waals surface area contributed by atoms with Crippen molar-refractivity contribution < 1.29 is 24.2 Å². The van der Waals surface area contributed by atoms with Gasteiger partial charge in [-0.1, -0.05) is 48.5 Å². The average Bonchev–Trinajstić information content (AvgIpc) is 3.18. The number of ether oxygens (including phenoxy) is 1. The Hall–Kier alpha value is -3.35. The minimum atomic E-state index is -1.25. The van der Waals surface area contributed by atoms with Crippen LogP contribution in [0.2, 0.25) is 0 Å². The minimum absolute atomic E-state index is 0.0611. The van der Waals surface area contributed by atoms with Crippen molar-refractivity contribution in [3.63, 3.8) is 0 Å². The Labute approximate surface area is 149 Å². The molecule has 0 saturated carbocycles. The van der Waals surface area contributed by atoms with Crippen molar-refractivity contribution in [2.45, 2.75) is 18.4 Å². The van der Waals surface area contributed by atoms with Gasteiger partial charge in [-0.25, -0.2) is 14.6 Å². The number of rotatable bonds is 3. The van der Waals surface area contributed by atoms with Crippen molar-refractivity contribution >= 4 is 18.0 Å². The maximum atomic E-state index is 12.3. The normalized spacial score (nSPS) is 18.2. The highest BCUT2D eigenvalue weighted by atomic mass is 16.6. The molecule has 7 heteroatoms. The molecule has 1 saturated heterocycles. The quantitative estimate of drug-likeness (QED) is 0.882. The average molecular weight is 352 g/mol. The molecule has 0 bridgehead atoms. The van der Waals surface area contributed by atoms with E-state index in [1.54, 1.807) is 0 Å². The number of carbonyl (C=O) groups excluding carboxylic acids is 2.